The Balaban J connectivity index is 0.000000143. The summed E-state index contributed by atoms with van der Waals surface area (Å²) >= 11 is 10.1. The molecule has 0 unspecified atom stereocenters. The minimum Gasteiger partial charge on any atom is -0.494 e. The van der Waals surface area contributed by atoms with E-state index >= 15 is 0 Å². The van der Waals surface area contributed by atoms with Crippen LogP contribution < -0.4 is 14.9 Å². The van der Waals surface area contributed by atoms with E-state index in [0.29, 0.717) is 10.8 Å². The minimum absolute atomic E-state index is 0. The van der Waals surface area contributed by atoms with Crippen LogP contribution in [0.2, 0.25) is 0 Å². The van der Waals surface area contributed by atoms with Crippen LogP contribution in [0.1, 0.15) is 421 Å². The largest absolute Gasteiger partial charge is 0.494 e. The zero-order chi connectivity index (χ0) is 104. The topological polar surface area (TPSA) is 36.9 Å². The van der Waals surface area contributed by atoms with Crippen molar-refractivity contribution in [3.05, 3.63) is 277 Å². The van der Waals surface area contributed by atoms with E-state index in [1.807, 2.05) is 22.7 Å². The highest BCUT2D eigenvalue weighted by atomic mass is 127. The van der Waals surface area contributed by atoms with Gasteiger partial charge in [-0.05, 0) is 458 Å². The summed E-state index contributed by atoms with van der Waals surface area (Å²) in [4.78, 5) is 5.32. The molecule has 1 aliphatic heterocycles. The maximum atomic E-state index is 6.64. The highest BCUT2D eigenvalue weighted by Gasteiger charge is 2.72. The highest BCUT2D eigenvalue weighted by Crippen LogP contribution is 2.80. The number of hydrogen-bond donors (Lipinski definition) is 0. The van der Waals surface area contributed by atoms with Crippen molar-refractivity contribution in [2.45, 2.75) is 409 Å². The normalized spacial score (nSPS) is 28.6. The summed E-state index contributed by atoms with van der Waals surface area (Å²) < 4.78 is 28.1. The molecular weight excluding hydrogens is 2040 g/mol. The number of ether oxygens (including phenoxy) is 2. The molecule has 0 atom stereocenters. The molecule has 10 aromatic carbocycles. The van der Waals surface area contributed by atoms with Crippen molar-refractivity contribution in [1.82, 2.24) is 0 Å². The predicted octanol–water partition coefficient (Wildman–Crippen LogP) is 42.7. The SMILES string of the molecule is C.CC12CCCC(C)(CCC1)C21c2cc(Br)ccc2-c2ccc(I)cc21.CCC.CCC.CCCCCCCCOc1ccc(-c2ccc(-c3ccc4c(c3)C3(c5cc(-c6ccc7c(c6)C6(c8ccccc8-7)C7(C)CCCC6(C)CCC7)ccc5-4)C4(C)CCCC3(C)CCC4)s2)cc1.CCCCCCCCOc1ccc(-c2ccc(-c3ccc4c(c3)C3(c5cc(B6OC(C)(C)C(C)(C)O6)ccc5-4)C4(C)CCCC3(C)CCC4)s2)cc1. The number of benzene rings is 10. The molecular formula is C141H175BBrIO4S2. The first-order valence-corrected chi connectivity index (χ1v) is 62.7. The van der Waals surface area contributed by atoms with Gasteiger partial charge in [-0.2, -0.15) is 0 Å². The van der Waals surface area contributed by atoms with Crippen LogP contribution in [-0.4, -0.2) is 31.5 Å². The van der Waals surface area contributed by atoms with Crippen LogP contribution in [0.3, 0.4) is 0 Å². The molecule has 1 saturated heterocycles. The molecule has 9 fully saturated rings. The summed E-state index contributed by atoms with van der Waals surface area (Å²) in [6, 6.07) is 88.5. The van der Waals surface area contributed by atoms with E-state index in [9.17, 15) is 0 Å². The summed E-state index contributed by atoms with van der Waals surface area (Å²) in [6.07, 6.45) is 49.7. The first-order chi connectivity index (χ1) is 71.7. The van der Waals surface area contributed by atoms with Gasteiger partial charge in [-0.25, -0.2) is 0 Å². The van der Waals surface area contributed by atoms with Gasteiger partial charge < -0.3 is 18.8 Å². The standard InChI is InChI=1S/C64H72OS.C47H59BO3S.C23H24BrI.2C3H8.CH4/c1-6-7-8-9-10-13-40-65-48-25-20-44(21-26-48)57-30-31-58(66-57)47-24-29-52-51-28-23-46(42-55(51)64(56(52)43-47)61(4)36-16-38-62(64,5)39-17-37-61)45-22-27-50-49-18-11-12-19-53(49)63(54(50)41-45)59(2)32-14-34-60(63,3)35-15-33-59;1-8-9-10-11-12-13-30-49-36-20-16-33(17-21-36)41-24-25-42(52-41)34-18-22-37-38-23-19-35(48-50-43(2,3)44(4,5)51-48)32-40(38)47(39(37)31-34)45(6)26-14-28-46(47,7)29-15-27-45;1-21-9-3-11-22(2,12-4-10-21)23(21)19-13-15(24)5-7-17(19)18-8-6-16(25)14-20(18)23;2*1-3-2;/h11-12,18-31,41-43H,6-10,13-17,32-40H2,1-5H3;16-25,31-32H,8-15,26-30H2,1-7H3;5-8,13-14H,3-4,9-12H2,1-2H3;2*3H2,1-2H3;1H4. The molecule has 792 valence electrons. The number of unbranched alkanes of at least 4 members (excludes halogenated alkanes) is 10. The van der Waals surface area contributed by atoms with Gasteiger partial charge in [0.1, 0.15) is 11.5 Å². The highest BCUT2D eigenvalue weighted by molar-refractivity contribution is 14.1. The fourth-order valence-corrected chi connectivity index (χ4v) is 37.8. The van der Waals surface area contributed by atoms with Crippen molar-refractivity contribution < 1.29 is 18.8 Å². The van der Waals surface area contributed by atoms with E-state index in [2.05, 4.69) is 388 Å². The van der Waals surface area contributed by atoms with Crippen LogP contribution in [0.4, 0.5) is 0 Å². The van der Waals surface area contributed by atoms with Gasteiger partial charge >= 0.3 is 7.12 Å². The number of fused-ring (bicyclic) bond motifs is 12. The Labute approximate surface area is 935 Å². The van der Waals surface area contributed by atoms with Crippen LogP contribution in [-0.2, 0) is 31.0 Å². The molecule has 4 nitrogen and oxygen atoms in total. The van der Waals surface area contributed by atoms with Gasteiger partial charge in [0.05, 0.1) is 24.4 Å². The third-order valence-electron chi connectivity index (χ3n) is 41.8. The van der Waals surface area contributed by atoms with Gasteiger partial charge in [-0.3, -0.25) is 0 Å². The third kappa shape index (κ3) is 17.6. The van der Waals surface area contributed by atoms with Gasteiger partial charge in [-0.15, -0.1) is 22.7 Å². The van der Waals surface area contributed by atoms with Gasteiger partial charge in [0.2, 0.25) is 0 Å². The predicted molar refractivity (Wildman–Crippen MR) is 655 cm³/mol. The molecule has 0 amide bonds. The van der Waals surface area contributed by atoms with Crippen molar-refractivity contribution in [1.29, 1.82) is 0 Å². The fraction of sp³-hybridized carbons (Fsp3) is 0.518. The summed E-state index contributed by atoms with van der Waals surface area (Å²) in [5.41, 5.74) is 35.2. The quantitative estimate of drug-likeness (QED) is 0.0385. The Bertz CT molecular complexity index is 6690. The van der Waals surface area contributed by atoms with Gasteiger partial charge in [0.15, 0.2) is 0 Å². The average molecular weight is 2220 g/mol. The molecule has 12 aliphatic carbocycles. The van der Waals surface area contributed by atoms with E-state index < -0.39 is 0 Å². The summed E-state index contributed by atoms with van der Waals surface area (Å²) in [5.74, 6) is 1.95. The first kappa shape index (κ1) is 109. The van der Waals surface area contributed by atoms with Crippen molar-refractivity contribution >= 4 is 73.8 Å². The maximum absolute atomic E-state index is 6.64. The van der Waals surface area contributed by atoms with Crippen LogP contribution >= 0.6 is 61.2 Å². The van der Waals surface area contributed by atoms with Crippen molar-refractivity contribution in [2.75, 3.05) is 13.2 Å². The van der Waals surface area contributed by atoms with E-state index in [4.69, 9.17) is 18.8 Å². The molecule has 0 N–H and O–H groups in total. The lowest BCUT2D eigenvalue weighted by Crippen LogP contribution is -2.60. The lowest BCUT2D eigenvalue weighted by atomic mass is 9.38. The lowest BCUT2D eigenvalue weighted by molar-refractivity contribution is -0.0630. The summed E-state index contributed by atoms with van der Waals surface area (Å²) in [7, 11) is -0.360. The van der Waals surface area contributed by atoms with E-state index in [0.717, 1.165) is 43.0 Å². The second-order valence-corrected chi connectivity index (χ2v) is 56.0. The molecule has 8 bridgehead atoms. The van der Waals surface area contributed by atoms with Crippen LogP contribution in [0, 0.1) is 46.9 Å². The molecule has 4 spiro atoms. The van der Waals surface area contributed by atoms with E-state index in [-0.39, 0.29) is 79.9 Å². The zero-order valence-corrected chi connectivity index (χ0v) is 99.3. The number of thiophene rings is 2. The van der Waals surface area contributed by atoms with Crippen molar-refractivity contribution in [3.8, 4) is 109 Å². The molecule has 12 aromatic rings. The zero-order valence-electron chi connectivity index (χ0n) is 93.9. The van der Waals surface area contributed by atoms with Gasteiger partial charge in [0.25, 0.3) is 0 Å². The van der Waals surface area contributed by atoms with Crippen LogP contribution in [0.5, 0.6) is 11.5 Å². The Morgan fingerprint density at radius 1 is 0.273 bits per heavy atom. The van der Waals surface area contributed by atoms with E-state index in [1.54, 1.807) is 38.9 Å². The monoisotopic (exact) mass is 2210 g/mol. The smallest absolute Gasteiger partial charge is 0.494 e. The number of hydrogen-bond acceptors (Lipinski definition) is 6. The molecule has 150 heavy (non-hydrogen) atoms. The van der Waals surface area contributed by atoms with Crippen molar-refractivity contribution in [2.24, 2.45) is 43.3 Å². The minimum atomic E-state index is -0.367. The van der Waals surface area contributed by atoms with Crippen molar-refractivity contribution in [3.63, 3.8) is 0 Å². The molecule has 0 radical (unpaired) electrons. The molecule has 9 heteroatoms. The van der Waals surface area contributed by atoms with Gasteiger partial charge in [-0.1, -0.05) is 352 Å². The second-order valence-electron chi connectivity index (χ2n) is 51.7. The number of halogens is 2. The molecule has 25 rings (SSSR count). The Kier molecular flexibility index (Phi) is 31.1. The molecule has 13 aliphatic rings. The second kappa shape index (κ2) is 42.7. The summed E-state index contributed by atoms with van der Waals surface area (Å²) in [6.45, 7) is 44.5. The maximum Gasteiger partial charge on any atom is 0.494 e. The fourth-order valence-electron chi connectivity index (χ4n) is 34.9. The number of rotatable bonds is 22. The van der Waals surface area contributed by atoms with E-state index in [1.165, 1.54) is 342 Å². The van der Waals surface area contributed by atoms with Gasteiger partial charge in [0, 0.05) is 49.2 Å². The Morgan fingerprint density at radius 3 is 0.887 bits per heavy atom. The third-order valence-corrected chi connectivity index (χ3v) is 45.3. The van der Waals surface area contributed by atoms with Crippen LogP contribution in [0.25, 0.3) is 97.4 Å². The average Bonchev–Trinajstić information content (AvgIpc) is 1.51. The first-order valence-electron chi connectivity index (χ1n) is 59.2. The molecule has 8 saturated carbocycles. The summed E-state index contributed by atoms with van der Waals surface area (Å²) in [5, 5.41) is 0. The van der Waals surface area contributed by atoms with Crippen LogP contribution in [0.15, 0.2) is 229 Å². The molecule has 3 heterocycles. The lowest BCUT2D eigenvalue weighted by Gasteiger charge is -2.65. The Hall–Kier alpha value is -7.61. The Morgan fingerprint density at radius 2 is 0.533 bits per heavy atom. The molecule has 2 aromatic heterocycles.